The van der Waals surface area contributed by atoms with Crippen molar-refractivity contribution < 1.29 is 9.90 Å². The number of fused-ring (bicyclic) bond motifs is 1. The number of benzene rings is 1. The van der Waals surface area contributed by atoms with E-state index in [1.807, 2.05) is 18.2 Å². The lowest BCUT2D eigenvalue weighted by Gasteiger charge is -2.25. The lowest BCUT2D eigenvalue weighted by atomic mass is 9.80. The molecule has 0 amide bonds. The van der Waals surface area contributed by atoms with Crippen LogP contribution in [0, 0.1) is 5.41 Å². The smallest absolute Gasteiger partial charge is 0.303 e. The van der Waals surface area contributed by atoms with Gasteiger partial charge in [-0.15, -0.1) is 11.3 Å². The molecule has 100 valence electrons. The fourth-order valence-electron chi connectivity index (χ4n) is 3.18. The summed E-state index contributed by atoms with van der Waals surface area (Å²) in [5, 5.41) is 10.2. The molecule has 0 saturated heterocycles. The molecule has 1 saturated carbocycles. The lowest BCUT2D eigenvalue weighted by Crippen LogP contribution is -2.23. The van der Waals surface area contributed by atoms with Gasteiger partial charge in [0.25, 0.3) is 0 Å². The fourth-order valence-corrected chi connectivity index (χ4v) is 4.32. The van der Waals surface area contributed by atoms with Crippen LogP contribution in [0.3, 0.4) is 0 Å². The number of thiazole rings is 1. The first-order chi connectivity index (χ1) is 9.17. The average molecular weight is 275 g/mol. The number of aromatic nitrogens is 1. The van der Waals surface area contributed by atoms with E-state index in [0.29, 0.717) is 0 Å². The highest BCUT2D eigenvalue weighted by Crippen LogP contribution is 2.44. The summed E-state index contributed by atoms with van der Waals surface area (Å²) in [4.78, 5) is 15.8. The molecule has 19 heavy (non-hydrogen) atoms. The number of nitrogens with zero attached hydrogens (tertiary/aromatic N) is 1. The molecular weight excluding hydrogens is 258 g/mol. The molecule has 3 rings (SSSR count). The zero-order chi connectivity index (χ0) is 13.3. The van der Waals surface area contributed by atoms with Crippen LogP contribution in [-0.2, 0) is 11.2 Å². The Hall–Kier alpha value is -1.42. The van der Waals surface area contributed by atoms with Crippen molar-refractivity contribution in [1.82, 2.24) is 4.98 Å². The molecule has 1 aromatic carbocycles. The summed E-state index contributed by atoms with van der Waals surface area (Å²) in [7, 11) is 0. The van der Waals surface area contributed by atoms with Crippen molar-refractivity contribution in [2.24, 2.45) is 5.41 Å². The van der Waals surface area contributed by atoms with Gasteiger partial charge in [-0.1, -0.05) is 25.0 Å². The summed E-state index contributed by atoms with van der Waals surface area (Å²) in [6, 6.07) is 8.12. The van der Waals surface area contributed by atoms with Crippen LogP contribution in [0.5, 0.6) is 0 Å². The molecule has 1 heterocycles. The second-order valence-corrected chi connectivity index (χ2v) is 6.64. The van der Waals surface area contributed by atoms with Gasteiger partial charge in [0.2, 0.25) is 0 Å². The Morgan fingerprint density at radius 1 is 1.32 bits per heavy atom. The standard InChI is InChI=1S/C15H17NO2S/c17-14(18)10-15(7-3-4-8-15)9-13-16-11-5-1-2-6-12(11)19-13/h1-2,5-6H,3-4,7-10H2,(H,17,18). The highest BCUT2D eigenvalue weighted by molar-refractivity contribution is 7.18. The summed E-state index contributed by atoms with van der Waals surface area (Å²) in [6.07, 6.45) is 5.45. The second-order valence-electron chi connectivity index (χ2n) is 5.53. The number of carbonyl (C=O) groups is 1. The predicted molar refractivity (Wildman–Crippen MR) is 76.5 cm³/mol. The molecule has 1 aliphatic rings. The van der Waals surface area contributed by atoms with Crippen LogP contribution in [0.2, 0.25) is 0 Å². The fraction of sp³-hybridized carbons (Fsp3) is 0.467. The van der Waals surface area contributed by atoms with Gasteiger partial charge >= 0.3 is 5.97 Å². The average Bonchev–Trinajstić information content (AvgIpc) is 2.94. The number of hydrogen-bond acceptors (Lipinski definition) is 3. The van der Waals surface area contributed by atoms with Gasteiger partial charge in [-0.2, -0.15) is 0 Å². The monoisotopic (exact) mass is 275 g/mol. The highest BCUT2D eigenvalue weighted by Gasteiger charge is 2.37. The maximum atomic E-state index is 11.1. The summed E-state index contributed by atoms with van der Waals surface area (Å²) in [6.45, 7) is 0. The maximum absolute atomic E-state index is 11.1. The molecule has 1 N–H and O–H groups in total. The van der Waals surface area contributed by atoms with E-state index in [4.69, 9.17) is 5.11 Å². The molecule has 3 nitrogen and oxygen atoms in total. The van der Waals surface area contributed by atoms with Crippen LogP contribution in [0.4, 0.5) is 0 Å². The van der Waals surface area contributed by atoms with Gasteiger partial charge in [0, 0.05) is 6.42 Å². The van der Waals surface area contributed by atoms with Crippen molar-refractivity contribution >= 4 is 27.5 Å². The van der Waals surface area contributed by atoms with Crippen molar-refractivity contribution in [2.45, 2.75) is 38.5 Å². The molecule has 0 aliphatic heterocycles. The minimum Gasteiger partial charge on any atom is -0.481 e. The molecular formula is C15H17NO2S. The Balaban J connectivity index is 1.87. The predicted octanol–water partition coefficient (Wildman–Crippen LogP) is 3.87. The van der Waals surface area contributed by atoms with Crippen molar-refractivity contribution in [1.29, 1.82) is 0 Å². The van der Waals surface area contributed by atoms with Crippen molar-refractivity contribution in [2.75, 3.05) is 0 Å². The molecule has 2 aromatic rings. The van der Waals surface area contributed by atoms with Gasteiger partial charge < -0.3 is 5.11 Å². The molecule has 0 spiro atoms. The normalized spacial score (nSPS) is 17.9. The van der Waals surface area contributed by atoms with E-state index in [-0.39, 0.29) is 11.8 Å². The molecule has 0 unspecified atom stereocenters. The Bertz CT molecular complexity index is 566. The van der Waals surface area contributed by atoms with Gasteiger partial charge in [0.1, 0.15) is 0 Å². The van der Waals surface area contributed by atoms with Gasteiger partial charge in [-0.05, 0) is 30.4 Å². The molecule has 0 radical (unpaired) electrons. The number of para-hydroxylation sites is 1. The van der Waals surface area contributed by atoms with E-state index < -0.39 is 5.97 Å². The Labute approximate surface area is 116 Å². The van der Waals surface area contributed by atoms with E-state index in [1.165, 1.54) is 4.70 Å². The van der Waals surface area contributed by atoms with Crippen molar-refractivity contribution in [3.8, 4) is 0 Å². The van der Waals surface area contributed by atoms with E-state index in [0.717, 1.165) is 42.6 Å². The highest BCUT2D eigenvalue weighted by atomic mass is 32.1. The third-order valence-corrected chi connectivity index (χ3v) is 5.09. The van der Waals surface area contributed by atoms with Gasteiger partial charge in [-0.3, -0.25) is 4.79 Å². The van der Waals surface area contributed by atoms with E-state index in [9.17, 15) is 4.79 Å². The first-order valence-corrected chi connectivity index (χ1v) is 7.55. The van der Waals surface area contributed by atoms with E-state index in [2.05, 4.69) is 11.1 Å². The molecule has 0 bridgehead atoms. The molecule has 4 heteroatoms. The van der Waals surface area contributed by atoms with Crippen LogP contribution in [0.25, 0.3) is 10.2 Å². The zero-order valence-electron chi connectivity index (χ0n) is 10.8. The number of rotatable bonds is 4. The summed E-state index contributed by atoms with van der Waals surface area (Å²) in [5.41, 5.74) is 0.977. The number of carboxylic acid groups (broad SMARTS) is 1. The van der Waals surface area contributed by atoms with Gasteiger partial charge in [-0.25, -0.2) is 4.98 Å². The number of aliphatic carboxylic acids is 1. The SMILES string of the molecule is O=C(O)CC1(Cc2nc3ccccc3s2)CCCC1. The Morgan fingerprint density at radius 2 is 2.05 bits per heavy atom. The lowest BCUT2D eigenvalue weighted by molar-refractivity contribution is -0.139. The minimum atomic E-state index is -0.678. The van der Waals surface area contributed by atoms with Crippen LogP contribution in [0.15, 0.2) is 24.3 Å². The molecule has 1 aliphatic carbocycles. The van der Waals surface area contributed by atoms with Crippen LogP contribution in [-0.4, -0.2) is 16.1 Å². The van der Waals surface area contributed by atoms with Crippen LogP contribution >= 0.6 is 11.3 Å². The quantitative estimate of drug-likeness (QED) is 0.921. The van der Waals surface area contributed by atoms with Crippen LogP contribution in [0.1, 0.15) is 37.1 Å². The van der Waals surface area contributed by atoms with Gasteiger partial charge in [0.15, 0.2) is 0 Å². The first-order valence-electron chi connectivity index (χ1n) is 6.73. The Morgan fingerprint density at radius 3 is 2.74 bits per heavy atom. The third kappa shape index (κ3) is 2.63. The second kappa shape index (κ2) is 4.93. The third-order valence-electron chi connectivity index (χ3n) is 4.05. The minimum absolute atomic E-state index is 0.0558. The Kier molecular flexibility index (Phi) is 3.27. The number of hydrogen-bond donors (Lipinski definition) is 1. The van der Waals surface area contributed by atoms with Crippen molar-refractivity contribution in [3.63, 3.8) is 0 Å². The summed E-state index contributed by atoms with van der Waals surface area (Å²) in [5.74, 6) is -0.678. The van der Waals surface area contributed by atoms with E-state index in [1.54, 1.807) is 11.3 Å². The molecule has 1 fully saturated rings. The van der Waals surface area contributed by atoms with Gasteiger partial charge in [0.05, 0.1) is 21.6 Å². The molecule has 0 atom stereocenters. The number of carboxylic acids is 1. The van der Waals surface area contributed by atoms with Crippen LogP contribution < -0.4 is 0 Å². The maximum Gasteiger partial charge on any atom is 0.303 e. The van der Waals surface area contributed by atoms with Crippen molar-refractivity contribution in [3.05, 3.63) is 29.3 Å². The summed E-state index contributed by atoms with van der Waals surface area (Å²) < 4.78 is 1.20. The largest absolute Gasteiger partial charge is 0.481 e. The summed E-state index contributed by atoms with van der Waals surface area (Å²) >= 11 is 1.71. The molecule has 1 aromatic heterocycles. The van der Waals surface area contributed by atoms with E-state index >= 15 is 0 Å². The topological polar surface area (TPSA) is 50.2 Å². The first kappa shape index (κ1) is 12.6. The zero-order valence-corrected chi connectivity index (χ0v) is 11.6.